The first-order valence-electron chi connectivity index (χ1n) is 7.91. The van der Waals surface area contributed by atoms with Crippen LogP contribution in [0.2, 0.25) is 0 Å². The summed E-state index contributed by atoms with van der Waals surface area (Å²) in [5.74, 6) is 0.0142. The minimum absolute atomic E-state index is 0.000122. The van der Waals surface area contributed by atoms with Crippen LogP contribution in [0, 0.1) is 0 Å². The summed E-state index contributed by atoms with van der Waals surface area (Å²) in [5, 5.41) is 4.97. The highest BCUT2D eigenvalue weighted by atomic mass is 16.2. The highest BCUT2D eigenvalue weighted by molar-refractivity contribution is 6.24. The van der Waals surface area contributed by atoms with Crippen LogP contribution >= 0.6 is 0 Å². The standard InChI is InChI=1S/C18H21N3O2/c1-12(2)19-16(22)10-20(3)11-21-15-9-5-7-13-6-4-8-14(17(13)15)18(21)23/h4-9,12H,10-11H2,1-3H3,(H,19,22)/p+1. The average Bonchev–Trinajstić information content (AvgIpc) is 2.74. The predicted octanol–water partition coefficient (Wildman–Crippen LogP) is 0.797. The molecule has 1 unspecified atom stereocenters. The molecule has 1 aliphatic heterocycles. The number of benzene rings is 2. The summed E-state index contributed by atoms with van der Waals surface area (Å²) in [4.78, 5) is 27.3. The van der Waals surface area contributed by atoms with Crippen molar-refractivity contribution < 1.29 is 14.5 Å². The summed E-state index contributed by atoms with van der Waals surface area (Å²) in [6.45, 7) is 4.69. The monoisotopic (exact) mass is 312 g/mol. The van der Waals surface area contributed by atoms with Crippen molar-refractivity contribution in [3.05, 3.63) is 42.0 Å². The SMILES string of the molecule is CC(C)NC(=O)C[NH+](C)CN1C(=O)c2cccc3cccc1c23. The van der Waals surface area contributed by atoms with E-state index in [-0.39, 0.29) is 17.9 Å². The predicted molar refractivity (Wildman–Crippen MR) is 90.7 cm³/mol. The molecule has 2 aromatic rings. The number of anilines is 1. The summed E-state index contributed by atoms with van der Waals surface area (Å²) in [5.41, 5.74) is 1.68. The van der Waals surface area contributed by atoms with E-state index < -0.39 is 0 Å². The Morgan fingerprint density at radius 1 is 1.22 bits per heavy atom. The Morgan fingerprint density at radius 2 is 1.91 bits per heavy atom. The Hall–Kier alpha value is -2.40. The minimum Gasteiger partial charge on any atom is -0.349 e. The van der Waals surface area contributed by atoms with E-state index in [9.17, 15) is 9.59 Å². The molecule has 1 atom stereocenters. The van der Waals surface area contributed by atoms with Gasteiger partial charge in [-0.25, -0.2) is 0 Å². The molecule has 2 N–H and O–H groups in total. The van der Waals surface area contributed by atoms with Crippen LogP contribution in [0.5, 0.6) is 0 Å². The van der Waals surface area contributed by atoms with Gasteiger partial charge in [0.1, 0.15) is 0 Å². The van der Waals surface area contributed by atoms with Gasteiger partial charge in [-0.15, -0.1) is 0 Å². The second-order valence-electron chi connectivity index (χ2n) is 6.43. The molecule has 120 valence electrons. The molecule has 5 nitrogen and oxygen atoms in total. The Balaban J connectivity index is 1.79. The number of nitrogens with zero attached hydrogens (tertiary/aromatic N) is 1. The zero-order valence-electron chi connectivity index (χ0n) is 13.7. The molecule has 0 saturated heterocycles. The van der Waals surface area contributed by atoms with Crippen LogP contribution in [0.4, 0.5) is 5.69 Å². The van der Waals surface area contributed by atoms with E-state index in [1.54, 1.807) is 4.90 Å². The fourth-order valence-corrected chi connectivity index (χ4v) is 3.11. The lowest BCUT2D eigenvalue weighted by molar-refractivity contribution is -0.869. The number of quaternary nitrogens is 1. The molecule has 0 spiro atoms. The van der Waals surface area contributed by atoms with Gasteiger partial charge in [0.15, 0.2) is 13.2 Å². The van der Waals surface area contributed by atoms with Gasteiger partial charge < -0.3 is 10.2 Å². The summed E-state index contributed by atoms with van der Waals surface area (Å²) >= 11 is 0. The van der Waals surface area contributed by atoms with Gasteiger partial charge in [-0.1, -0.05) is 24.3 Å². The van der Waals surface area contributed by atoms with Crippen LogP contribution in [0.15, 0.2) is 36.4 Å². The average molecular weight is 312 g/mol. The maximum absolute atomic E-state index is 12.7. The Bertz CT molecular complexity index is 765. The fraction of sp³-hybridized carbons (Fsp3) is 0.333. The molecule has 2 aromatic carbocycles. The molecule has 1 heterocycles. The lowest BCUT2D eigenvalue weighted by Gasteiger charge is -2.22. The van der Waals surface area contributed by atoms with E-state index in [2.05, 4.69) is 5.32 Å². The van der Waals surface area contributed by atoms with Crippen LogP contribution in [0.1, 0.15) is 24.2 Å². The van der Waals surface area contributed by atoms with Crippen LogP contribution in [0.25, 0.3) is 10.8 Å². The van der Waals surface area contributed by atoms with Crippen molar-refractivity contribution in [1.29, 1.82) is 0 Å². The summed E-state index contributed by atoms with van der Waals surface area (Å²) < 4.78 is 0. The van der Waals surface area contributed by atoms with Crippen LogP contribution < -0.4 is 15.1 Å². The molecule has 0 aromatic heterocycles. The van der Waals surface area contributed by atoms with E-state index in [4.69, 9.17) is 0 Å². The second kappa shape index (κ2) is 6.01. The zero-order valence-corrected chi connectivity index (χ0v) is 13.7. The van der Waals surface area contributed by atoms with Gasteiger partial charge in [-0.3, -0.25) is 14.5 Å². The largest absolute Gasteiger partial charge is 0.349 e. The van der Waals surface area contributed by atoms with Gasteiger partial charge in [-0.2, -0.15) is 0 Å². The molecule has 5 heteroatoms. The third kappa shape index (κ3) is 2.92. The smallest absolute Gasteiger partial charge is 0.275 e. The topological polar surface area (TPSA) is 53.9 Å². The van der Waals surface area contributed by atoms with Crippen molar-refractivity contribution in [2.24, 2.45) is 0 Å². The van der Waals surface area contributed by atoms with E-state index in [1.165, 1.54) is 0 Å². The minimum atomic E-state index is -0.000122. The van der Waals surface area contributed by atoms with Gasteiger partial charge >= 0.3 is 0 Å². The number of likely N-dealkylation sites (N-methyl/N-ethyl adjacent to an activating group) is 1. The van der Waals surface area contributed by atoms with Crippen molar-refractivity contribution in [1.82, 2.24) is 5.32 Å². The van der Waals surface area contributed by atoms with Crippen molar-refractivity contribution in [2.75, 3.05) is 25.2 Å². The maximum atomic E-state index is 12.7. The normalized spacial score (nSPS) is 14.6. The van der Waals surface area contributed by atoms with Crippen LogP contribution in [0.3, 0.4) is 0 Å². The molecule has 0 fully saturated rings. The zero-order chi connectivity index (χ0) is 16.6. The molecule has 0 bridgehead atoms. The number of amides is 2. The first-order chi connectivity index (χ1) is 11.0. The van der Waals surface area contributed by atoms with Crippen molar-refractivity contribution in [3.63, 3.8) is 0 Å². The summed E-state index contributed by atoms with van der Waals surface area (Å²) in [7, 11) is 1.93. The lowest BCUT2D eigenvalue weighted by atomic mass is 10.1. The molecule has 0 saturated carbocycles. The van der Waals surface area contributed by atoms with E-state index in [0.717, 1.165) is 26.9 Å². The van der Waals surface area contributed by atoms with Gasteiger partial charge in [0.2, 0.25) is 0 Å². The number of hydrogen-bond acceptors (Lipinski definition) is 2. The van der Waals surface area contributed by atoms with Gasteiger partial charge in [0, 0.05) is 11.4 Å². The lowest BCUT2D eigenvalue weighted by Crippen LogP contribution is -3.12. The van der Waals surface area contributed by atoms with E-state index >= 15 is 0 Å². The molecular formula is C18H22N3O2+. The first-order valence-corrected chi connectivity index (χ1v) is 7.91. The summed E-state index contributed by atoms with van der Waals surface area (Å²) in [6, 6.07) is 11.9. The number of carbonyl (C=O) groups excluding carboxylic acids is 2. The number of carbonyl (C=O) groups is 2. The highest BCUT2D eigenvalue weighted by Gasteiger charge is 2.31. The Kier molecular flexibility index (Phi) is 4.05. The fourth-order valence-electron chi connectivity index (χ4n) is 3.11. The molecule has 23 heavy (non-hydrogen) atoms. The van der Waals surface area contributed by atoms with E-state index in [0.29, 0.717) is 13.2 Å². The van der Waals surface area contributed by atoms with Crippen molar-refractivity contribution in [3.8, 4) is 0 Å². The maximum Gasteiger partial charge on any atom is 0.275 e. The molecule has 3 rings (SSSR count). The van der Waals surface area contributed by atoms with E-state index in [1.807, 2.05) is 57.3 Å². The van der Waals surface area contributed by atoms with Gasteiger partial charge in [-0.05, 0) is 31.4 Å². The molecule has 1 aliphatic rings. The number of rotatable bonds is 5. The van der Waals surface area contributed by atoms with Crippen LogP contribution in [-0.2, 0) is 4.79 Å². The number of hydrogen-bond donors (Lipinski definition) is 2. The van der Waals surface area contributed by atoms with Crippen LogP contribution in [-0.4, -0.2) is 38.1 Å². The molecule has 0 aliphatic carbocycles. The van der Waals surface area contributed by atoms with Crippen molar-refractivity contribution >= 4 is 28.3 Å². The Labute approximate surface area is 135 Å². The summed E-state index contributed by atoms with van der Waals surface area (Å²) in [6.07, 6.45) is 0. The molecule has 2 amide bonds. The second-order valence-corrected chi connectivity index (χ2v) is 6.43. The highest BCUT2D eigenvalue weighted by Crippen LogP contribution is 2.36. The third-order valence-corrected chi connectivity index (χ3v) is 3.99. The molecular weight excluding hydrogens is 290 g/mol. The van der Waals surface area contributed by atoms with Gasteiger partial charge in [0.25, 0.3) is 11.8 Å². The molecule has 0 radical (unpaired) electrons. The number of nitrogens with one attached hydrogen (secondary N) is 2. The third-order valence-electron chi connectivity index (χ3n) is 3.99. The van der Waals surface area contributed by atoms with Crippen molar-refractivity contribution in [2.45, 2.75) is 19.9 Å². The van der Waals surface area contributed by atoms with Gasteiger partial charge in [0.05, 0.1) is 18.3 Å². The quantitative estimate of drug-likeness (QED) is 0.858. The Morgan fingerprint density at radius 3 is 2.61 bits per heavy atom. The first kappa shape index (κ1) is 15.5.